The number of nitrogens with zero attached hydrogens (tertiary/aromatic N) is 1. The summed E-state index contributed by atoms with van der Waals surface area (Å²) in [5.41, 5.74) is 4.20. The van der Waals surface area contributed by atoms with Crippen LogP contribution in [-0.2, 0) is 16.4 Å². The van der Waals surface area contributed by atoms with Crippen LogP contribution in [0.3, 0.4) is 0 Å². The Morgan fingerprint density at radius 2 is 1.85 bits per heavy atom. The number of hydrogen-bond acceptors (Lipinski definition) is 4. The molecule has 0 amide bonds. The fourth-order valence-corrected chi connectivity index (χ4v) is 4.65. The van der Waals surface area contributed by atoms with Gasteiger partial charge in [0.25, 0.3) is 5.56 Å². The highest BCUT2D eigenvalue weighted by molar-refractivity contribution is 7.89. The first kappa shape index (κ1) is 18.3. The molecule has 0 saturated carbocycles. The van der Waals surface area contributed by atoms with Gasteiger partial charge in [-0.3, -0.25) is 9.89 Å². The summed E-state index contributed by atoms with van der Waals surface area (Å²) in [4.78, 5) is 15.4. The molecule has 0 unspecified atom stereocenters. The van der Waals surface area contributed by atoms with Crippen LogP contribution < -0.4 is 10.3 Å². The molecule has 26 heavy (non-hydrogen) atoms. The van der Waals surface area contributed by atoms with Crippen LogP contribution in [0.2, 0.25) is 0 Å². The van der Waals surface area contributed by atoms with E-state index in [4.69, 9.17) is 0 Å². The van der Waals surface area contributed by atoms with Crippen molar-refractivity contribution < 1.29 is 8.42 Å². The fourth-order valence-electron chi connectivity index (χ4n) is 3.25. The van der Waals surface area contributed by atoms with E-state index in [1.54, 1.807) is 13.8 Å². The summed E-state index contributed by atoms with van der Waals surface area (Å²) in [5.74, 6) is 0. The molecular weight excluding hydrogens is 352 g/mol. The van der Waals surface area contributed by atoms with Crippen LogP contribution in [0.4, 0.5) is 0 Å². The molecule has 7 nitrogen and oxygen atoms in total. The first-order chi connectivity index (χ1) is 12.2. The minimum absolute atomic E-state index is 0.131. The van der Waals surface area contributed by atoms with Gasteiger partial charge in [-0.1, -0.05) is 11.6 Å². The van der Waals surface area contributed by atoms with Crippen molar-refractivity contribution >= 4 is 20.9 Å². The summed E-state index contributed by atoms with van der Waals surface area (Å²) in [6.07, 6.45) is 0.299. The smallest absolute Gasteiger partial charge is 0.251 e. The van der Waals surface area contributed by atoms with E-state index in [9.17, 15) is 13.2 Å². The topological polar surface area (TPSA) is 108 Å². The van der Waals surface area contributed by atoms with Gasteiger partial charge in [0, 0.05) is 12.1 Å². The van der Waals surface area contributed by atoms with Crippen molar-refractivity contribution in [3.8, 4) is 0 Å². The summed E-state index contributed by atoms with van der Waals surface area (Å²) >= 11 is 0. The third-order valence-electron chi connectivity index (χ3n) is 4.39. The molecule has 3 aromatic rings. The molecule has 2 heterocycles. The number of hydrogen-bond donors (Lipinski definition) is 3. The quantitative estimate of drug-likeness (QED) is 0.635. The van der Waals surface area contributed by atoms with E-state index in [1.807, 2.05) is 32.0 Å². The second-order valence-corrected chi connectivity index (χ2v) is 8.28. The number of benzene rings is 1. The highest BCUT2D eigenvalue weighted by atomic mass is 32.2. The van der Waals surface area contributed by atoms with Crippen molar-refractivity contribution in [3.05, 3.63) is 56.6 Å². The number of fused-ring (bicyclic) bond motifs is 1. The van der Waals surface area contributed by atoms with E-state index in [1.165, 1.54) is 0 Å². The molecule has 0 saturated heterocycles. The summed E-state index contributed by atoms with van der Waals surface area (Å²) in [6.45, 7) is 7.38. The Hall–Kier alpha value is -2.45. The Kier molecular flexibility index (Phi) is 4.72. The highest BCUT2D eigenvalue weighted by Gasteiger charge is 2.21. The zero-order valence-corrected chi connectivity index (χ0v) is 16.0. The minimum Gasteiger partial charge on any atom is -0.321 e. The number of aromatic amines is 2. The van der Waals surface area contributed by atoms with Gasteiger partial charge >= 0.3 is 0 Å². The Morgan fingerprint density at radius 3 is 2.50 bits per heavy atom. The molecule has 0 atom stereocenters. The number of pyridine rings is 1. The first-order valence-corrected chi connectivity index (χ1v) is 9.82. The normalized spacial score (nSPS) is 12.0. The zero-order chi connectivity index (χ0) is 19.1. The lowest BCUT2D eigenvalue weighted by Crippen LogP contribution is -2.28. The van der Waals surface area contributed by atoms with Crippen LogP contribution >= 0.6 is 0 Å². The molecule has 0 radical (unpaired) electrons. The zero-order valence-electron chi connectivity index (χ0n) is 15.2. The van der Waals surface area contributed by atoms with Crippen molar-refractivity contribution in [1.82, 2.24) is 19.9 Å². The number of rotatable bonds is 5. The maximum absolute atomic E-state index is 12.5. The van der Waals surface area contributed by atoms with E-state index in [2.05, 4.69) is 19.9 Å². The molecule has 3 rings (SSSR count). The molecular formula is C18H22N4O3S. The number of H-pyrrole nitrogens is 2. The van der Waals surface area contributed by atoms with Crippen LogP contribution in [0.15, 0.2) is 27.9 Å². The second-order valence-electron chi connectivity index (χ2n) is 6.58. The van der Waals surface area contributed by atoms with Crippen molar-refractivity contribution in [2.75, 3.05) is 6.54 Å². The van der Waals surface area contributed by atoms with E-state index in [0.29, 0.717) is 23.4 Å². The first-order valence-electron chi connectivity index (χ1n) is 8.33. The average molecular weight is 374 g/mol. The van der Waals surface area contributed by atoms with E-state index < -0.39 is 10.0 Å². The minimum atomic E-state index is -3.67. The SMILES string of the molecule is Cc1cc(C)c2[nH]c(=O)c(CCNS(=O)(=O)c3c(C)n[nH]c3C)cc2c1. The third kappa shape index (κ3) is 3.42. The largest absolute Gasteiger partial charge is 0.321 e. The van der Waals surface area contributed by atoms with Crippen LogP contribution in [0.5, 0.6) is 0 Å². The molecule has 2 aromatic heterocycles. The van der Waals surface area contributed by atoms with Gasteiger partial charge < -0.3 is 4.98 Å². The Labute approximate surface area is 151 Å². The lowest BCUT2D eigenvalue weighted by Gasteiger charge is -2.09. The van der Waals surface area contributed by atoms with Gasteiger partial charge in [-0.2, -0.15) is 5.10 Å². The molecule has 3 N–H and O–H groups in total. The lowest BCUT2D eigenvalue weighted by molar-refractivity contribution is 0.580. The second kappa shape index (κ2) is 6.69. The molecule has 0 aliphatic carbocycles. The number of aromatic nitrogens is 3. The van der Waals surface area contributed by atoms with Gasteiger partial charge in [0.1, 0.15) is 4.90 Å². The van der Waals surface area contributed by atoms with Gasteiger partial charge in [0.15, 0.2) is 0 Å². The molecule has 0 aliphatic heterocycles. The molecule has 138 valence electrons. The average Bonchev–Trinajstić information content (AvgIpc) is 2.88. The maximum atomic E-state index is 12.5. The summed E-state index contributed by atoms with van der Waals surface area (Å²) in [6, 6.07) is 5.85. The third-order valence-corrected chi connectivity index (χ3v) is 6.11. The number of aryl methyl sites for hydroxylation is 4. The molecule has 0 fully saturated rings. The van der Waals surface area contributed by atoms with Crippen LogP contribution in [0.1, 0.15) is 28.1 Å². The Morgan fingerprint density at radius 1 is 1.12 bits per heavy atom. The summed E-state index contributed by atoms with van der Waals surface area (Å²) in [5, 5.41) is 7.53. The molecule has 0 spiro atoms. The van der Waals surface area contributed by atoms with Crippen LogP contribution in [0, 0.1) is 27.7 Å². The van der Waals surface area contributed by atoms with Gasteiger partial charge in [0.2, 0.25) is 10.0 Å². The monoisotopic (exact) mass is 374 g/mol. The Bertz CT molecular complexity index is 1120. The van der Waals surface area contributed by atoms with Gasteiger partial charge in [-0.15, -0.1) is 0 Å². The van der Waals surface area contributed by atoms with Crippen molar-refractivity contribution in [2.24, 2.45) is 0 Å². The standard InChI is InChI=1S/C18H22N4O3S/c1-10-7-11(2)16-15(8-10)9-14(18(23)20-16)5-6-19-26(24,25)17-12(3)21-22-13(17)4/h7-9,19H,5-6H2,1-4H3,(H,20,23)(H,21,22). The van der Waals surface area contributed by atoms with Gasteiger partial charge in [-0.25, -0.2) is 13.1 Å². The lowest BCUT2D eigenvalue weighted by atomic mass is 10.0. The number of nitrogens with one attached hydrogen (secondary N) is 3. The highest BCUT2D eigenvalue weighted by Crippen LogP contribution is 2.19. The van der Waals surface area contributed by atoms with E-state index >= 15 is 0 Å². The van der Waals surface area contributed by atoms with Crippen LogP contribution in [-0.4, -0.2) is 30.1 Å². The van der Waals surface area contributed by atoms with Crippen molar-refractivity contribution in [3.63, 3.8) is 0 Å². The van der Waals surface area contributed by atoms with Crippen molar-refractivity contribution in [1.29, 1.82) is 0 Å². The fraction of sp³-hybridized carbons (Fsp3) is 0.333. The summed E-state index contributed by atoms with van der Waals surface area (Å²) < 4.78 is 27.5. The van der Waals surface area contributed by atoms with E-state index in [-0.39, 0.29) is 17.0 Å². The Balaban J connectivity index is 1.82. The maximum Gasteiger partial charge on any atom is 0.251 e. The molecule has 0 aliphatic rings. The van der Waals surface area contributed by atoms with E-state index in [0.717, 1.165) is 22.0 Å². The molecule has 1 aromatic carbocycles. The summed E-state index contributed by atoms with van der Waals surface area (Å²) in [7, 11) is -3.67. The van der Waals surface area contributed by atoms with Crippen molar-refractivity contribution in [2.45, 2.75) is 39.0 Å². The van der Waals surface area contributed by atoms with Gasteiger partial charge in [0.05, 0.1) is 16.9 Å². The number of sulfonamides is 1. The molecule has 0 bridgehead atoms. The van der Waals surface area contributed by atoms with Crippen LogP contribution in [0.25, 0.3) is 10.9 Å². The van der Waals surface area contributed by atoms with Gasteiger partial charge in [-0.05, 0) is 57.2 Å². The predicted molar refractivity (Wildman–Crippen MR) is 101 cm³/mol. The predicted octanol–water partition coefficient (Wildman–Crippen LogP) is 2.01. The molecule has 8 heteroatoms.